The fraction of sp³-hybridized carbons (Fsp3) is 0.244. The van der Waals surface area contributed by atoms with Gasteiger partial charge in [-0.1, -0.05) is 54.6 Å². The molecule has 0 saturated heterocycles. The Morgan fingerprint density at radius 3 is 2.15 bits per heavy atom. The van der Waals surface area contributed by atoms with Crippen LogP contribution in [0.2, 0.25) is 0 Å². The first kappa shape index (κ1) is 32.7. The van der Waals surface area contributed by atoms with Crippen LogP contribution in [0.1, 0.15) is 23.1 Å². The summed E-state index contributed by atoms with van der Waals surface area (Å²) in [5.74, 6) is 1.61. The van der Waals surface area contributed by atoms with Crippen molar-refractivity contribution < 1.29 is 17.9 Å². The number of alkyl halides is 3. The predicted molar refractivity (Wildman–Crippen MR) is 214 cm³/mol. The van der Waals surface area contributed by atoms with E-state index in [-0.39, 0.29) is 16.8 Å². The predicted octanol–water partition coefficient (Wildman–Crippen LogP) is 9.77. The topological polar surface area (TPSA) is 22.2 Å². The number of benzene rings is 5. The lowest BCUT2D eigenvalue weighted by Gasteiger charge is -2.45. The molecule has 6 heterocycles. The van der Waals surface area contributed by atoms with Crippen molar-refractivity contribution in [1.29, 1.82) is 0 Å². The molecule has 5 aromatic rings. The zero-order valence-corrected chi connectivity index (χ0v) is 31.1. The monoisotopic (exact) mass is 738 g/mol. The number of fused-ring (bicyclic) bond motifs is 7. The van der Waals surface area contributed by atoms with E-state index in [1.54, 1.807) is 0 Å². The van der Waals surface area contributed by atoms with Crippen LogP contribution < -0.4 is 33.3 Å². The van der Waals surface area contributed by atoms with Crippen LogP contribution in [0.3, 0.4) is 0 Å². The van der Waals surface area contributed by atoms with Gasteiger partial charge in [0.05, 0.1) is 54.9 Å². The third kappa shape index (κ3) is 4.24. The number of anilines is 5. The molecule has 0 fully saturated rings. The van der Waals surface area contributed by atoms with Crippen molar-refractivity contribution >= 4 is 45.5 Å². The molecule has 0 spiro atoms. The maximum absolute atomic E-state index is 15.5. The molecule has 0 saturated carbocycles. The first-order valence-electron chi connectivity index (χ1n) is 18.9. The van der Waals surface area contributed by atoms with Gasteiger partial charge in [-0.25, -0.2) is 8.97 Å². The van der Waals surface area contributed by atoms with E-state index in [0.717, 1.165) is 62.3 Å². The van der Waals surface area contributed by atoms with Crippen molar-refractivity contribution in [2.24, 2.45) is 0 Å². The first-order valence-corrected chi connectivity index (χ1v) is 18.9. The van der Waals surface area contributed by atoms with E-state index in [1.807, 2.05) is 36.4 Å². The van der Waals surface area contributed by atoms with Crippen LogP contribution in [0.25, 0.3) is 0 Å². The van der Waals surface area contributed by atoms with E-state index >= 15 is 13.2 Å². The Balaban J connectivity index is 1.37. The Kier molecular flexibility index (Phi) is 6.51. The van der Waals surface area contributed by atoms with Crippen molar-refractivity contribution in [1.82, 2.24) is 8.97 Å². The highest BCUT2D eigenvalue weighted by Crippen LogP contribution is 2.59. The fourth-order valence-corrected chi connectivity index (χ4v) is 10.7. The number of likely N-dealkylation sites (N-methyl/N-ethyl adjacent to an activating group) is 3. The number of hydrogen-bond donors (Lipinski definition) is 0. The minimum absolute atomic E-state index is 0.130. The third-order valence-corrected chi connectivity index (χ3v) is 13.3. The third-order valence-electron chi connectivity index (χ3n) is 13.3. The maximum atomic E-state index is 15.5. The molecule has 11 rings (SSSR count). The molecule has 0 aliphatic carbocycles. The van der Waals surface area contributed by atoms with E-state index in [9.17, 15) is 0 Å². The van der Waals surface area contributed by atoms with Crippen LogP contribution in [-0.2, 0) is 19.0 Å². The average molecular weight is 739 g/mol. The van der Waals surface area contributed by atoms with Crippen LogP contribution in [0, 0.1) is 0 Å². The van der Waals surface area contributed by atoms with Crippen LogP contribution in [0.4, 0.5) is 58.7 Å². The molecule has 0 amide bonds. The number of ether oxygens (including phenoxy) is 1. The van der Waals surface area contributed by atoms with Gasteiger partial charge in [-0.2, -0.15) is 13.2 Å². The molecule has 7 nitrogen and oxygen atoms in total. The SMILES string of the molecule is CN1c2ccccc2N2c3cc(C(F)(F)F)cc4c3CC3N5C=C[N@+]3(C)c3ccccc3O/C(=C(\Cc3ccccc35)C3N(C)c5ccccc5[N@@+]43C)CC12. The molecule has 10 heteroatoms. The van der Waals surface area contributed by atoms with Gasteiger partial charge in [0.2, 0.25) is 0 Å². The lowest BCUT2D eigenvalue weighted by Crippen LogP contribution is -2.57. The summed E-state index contributed by atoms with van der Waals surface area (Å²) in [7, 11) is 8.48. The number of quaternary nitrogens is 2. The summed E-state index contributed by atoms with van der Waals surface area (Å²) in [6, 6.07) is 36.1. The van der Waals surface area contributed by atoms with E-state index in [4.69, 9.17) is 4.74 Å². The number of para-hydroxylation sites is 7. The van der Waals surface area contributed by atoms with E-state index in [2.05, 4.69) is 121 Å². The highest BCUT2D eigenvalue weighted by atomic mass is 19.4. The molecule has 0 aromatic heterocycles. The molecule has 276 valence electrons. The minimum atomic E-state index is -4.58. The van der Waals surface area contributed by atoms with Crippen LogP contribution >= 0.6 is 0 Å². The molecule has 3 unspecified atom stereocenters. The summed E-state index contributed by atoms with van der Waals surface area (Å²) in [6.07, 6.45) is 0.159. The molecule has 5 atom stereocenters. The Bertz CT molecular complexity index is 2530. The van der Waals surface area contributed by atoms with Crippen molar-refractivity contribution in [3.63, 3.8) is 0 Å². The molecular weight excluding hydrogens is 698 g/mol. The number of hydrogen-bond acceptors (Lipinski definition) is 5. The summed E-state index contributed by atoms with van der Waals surface area (Å²) < 4.78 is 54.6. The molecule has 7 bridgehead atoms. The summed E-state index contributed by atoms with van der Waals surface area (Å²) in [5.41, 5.74) is 9.57. The zero-order chi connectivity index (χ0) is 37.6. The molecular formula is C45H41F3N6O+2. The van der Waals surface area contributed by atoms with E-state index in [1.165, 1.54) is 12.1 Å². The number of rotatable bonds is 0. The van der Waals surface area contributed by atoms with Crippen LogP contribution in [0.15, 0.2) is 133 Å². The molecule has 55 heavy (non-hydrogen) atoms. The lowest BCUT2D eigenvalue weighted by atomic mass is 9.92. The van der Waals surface area contributed by atoms with Gasteiger partial charge in [0.25, 0.3) is 0 Å². The minimum Gasteiger partial charge on any atom is -0.455 e. The largest absolute Gasteiger partial charge is 0.455 e. The van der Waals surface area contributed by atoms with Gasteiger partial charge in [0.1, 0.15) is 29.5 Å². The maximum Gasteiger partial charge on any atom is 0.416 e. The van der Waals surface area contributed by atoms with Crippen molar-refractivity contribution in [2.45, 2.75) is 43.9 Å². The molecule has 0 N–H and O–H groups in total. The van der Waals surface area contributed by atoms with E-state index < -0.39 is 17.9 Å². The van der Waals surface area contributed by atoms with Gasteiger partial charge in [-0.05, 0) is 42.0 Å². The fourth-order valence-electron chi connectivity index (χ4n) is 10.7. The smallest absolute Gasteiger partial charge is 0.416 e. The number of halogens is 3. The second-order valence-electron chi connectivity index (χ2n) is 16.1. The van der Waals surface area contributed by atoms with Crippen molar-refractivity contribution in [2.75, 3.05) is 47.8 Å². The Morgan fingerprint density at radius 1 is 0.691 bits per heavy atom. The number of nitrogens with zero attached hydrogens (tertiary/aromatic N) is 6. The summed E-state index contributed by atoms with van der Waals surface area (Å²) >= 11 is 0. The van der Waals surface area contributed by atoms with Gasteiger partial charge in [-0.15, -0.1) is 0 Å². The molecule has 5 aromatic carbocycles. The summed E-state index contributed by atoms with van der Waals surface area (Å²) in [5, 5.41) is 0. The standard InChI is InChI=1S/C45H41F3N6O/c1-49-33-15-7-8-16-34(33)52-36-24-29(45(46,47)48)25-39-30(36)26-43-51-21-22-53(43,3)38-19-11-12-20-40(38)55-41(27-42(49)52)31(23-28-13-5-6-14-32(28)51)44-50(2)35-17-9-10-18-37(35)54(39,44)4/h5-22,24-25,42-44H,23,26-27H2,1-4H3/q+2/b41-31+/t42?,43?,44?,53-,54+/m1/s1. The highest BCUT2D eigenvalue weighted by molar-refractivity contribution is 5.90. The zero-order valence-electron chi connectivity index (χ0n) is 31.1. The Hall–Kier alpha value is -5.71. The van der Waals surface area contributed by atoms with Gasteiger partial charge in [-0.3, -0.25) is 4.90 Å². The first-order chi connectivity index (χ1) is 26.5. The van der Waals surface area contributed by atoms with Gasteiger partial charge in [0, 0.05) is 56.4 Å². The van der Waals surface area contributed by atoms with Crippen molar-refractivity contribution in [3.8, 4) is 5.75 Å². The quantitative estimate of drug-likeness (QED) is 0.147. The second kappa shape index (κ2) is 11.0. The Morgan fingerprint density at radius 2 is 1.36 bits per heavy atom. The average Bonchev–Trinajstić information content (AvgIpc) is 3.73. The van der Waals surface area contributed by atoms with Gasteiger partial charge < -0.3 is 19.4 Å². The molecule has 6 aliphatic rings. The lowest BCUT2D eigenvalue weighted by molar-refractivity contribution is -0.137. The highest BCUT2D eigenvalue weighted by Gasteiger charge is 2.57. The van der Waals surface area contributed by atoms with Crippen LogP contribution in [-0.4, -0.2) is 46.7 Å². The summed E-state index contributed by atoms with van der Waals surface area (Å²) in [6.45, 7) is 0. The van der Waals surface area contributed by atoms with Crippen LogP contribution in [0.5, 0.6) is 5.75 Å². The van der Waals surface area contributed by atoms with E-state index in [0.29, 0.717) is 35.1 Å². The molecule has 0 radical (unpaired) electrons. The second-order valence-corrected chi connectivity index (χ2v) is 16.1. The van der Waals surface area contributed by atoms with Gasteiger partial charge in [0.15, 0.2) is 29.5 Å². The Labute approximate surface area is 318 Å². The van der Waals surface area contributed by atoms with Gasteiger partial charge >= 0.3 is 6.18 Å². The van der Waals surface area contributed by atoms with Crippen molar-refractivity contribution in [3.05, 3.63) is 150 Å². The summed E-state index contributed by atoms with van der Waals surface area (Å²) in [4.78, 5) is 9.05. The normalized spacial score (nSPS) is 28.1. The molecule has 6 aliphatic heterocycles.